The second-order valence-corrected chi connectivity index (χ2v) is 3.99. The molecule has 0 amide bonds. The molecule has 14 heavy (non-hydrogen) atoms. The summed E-state index contributed by atoms with van der Waals surface area (Å²) in [5.74, 6) is 0.246. The predicted molar refractivity (Wildman–Crippen MR) is 62.6 cm³/mol. The Kier molecular flexibility index (Phi) is 8.75. The minimum Gasteiger partial charge on any atom is -0.512 e. The van der Waals surface area contributed by atoms with E-state index in [1.807, 2.05) is 0 Å². The van der Waals surface area contributed by atoms with Gasteiger partial charge in [-0.05, 0) is 12.8 Å². The molecule has 0 aromatic heterocycles. The molecule has 0 saturated heterocycles. The molecular formula is C12H25NO. The molecule has 0 radical (unpaired) electrons. The van der Waals surface area contributed by atoms with Crippen molar-refractivity contribution in [3.8, 4) is 0 Å². The van der Waals surface area contributed by atoms with Gasteiger partial charge >= 0.3 is 0 Å². The van der Waals surface area contributed by atoms with Gasteiger partial charge in [0.2, 0.25) is 0 Å². The third-order valence-corrected chi connectivity index (χ3v) is 2.20. The average Bonchev–Trinajstić information content (AvgIpc) is 2.18. The molecular weight excluding hydrogens is 174 g/mol. The van der Waals surface area contributed by atoms with Crippen LogP contribution in [0.4, 0.5) is 0 Å². The van der Waals surface area contributed by atoms with E-state index in [4.69, 9.17) is 5.11 Å². The van der Waals surface area contributed by atoms with Crippen molar-refractivity contribution < 1.29 is 5.11 Å². The summed E-state index contributed by atoms with van der Waals surface area (Å²) in [5.41, 5.74) is 0. The minimum absolute atomic E-state index is 0.246. The van der Waals surface area contributed by atoms with Gasteiger partial charge < -0.3 is 10.4 Å². The zero-order valence-electron chi connectivity index (χ0n) is 9.68. The number of rotatable bonds is 3. The summed E-state index contributed by atoms with van der Waals surface area (Å²) in [6.45, 7) is 8.24. The highest BCUT2D eigenvalue weighted by atomic mass is 16.3. The van der Waals surface area contributed by atoms with Crippen molar-refractivity contribution in [3.63, 3.8) is 0 Å². The lowest BCUT2D eigenvalue weighted by atomic mass is 9.95. The number of hydrogen-bond acceptors (Lipinski definition) is 2. The molecule has 2 N–H and O–H groups in total. The first-order valence-electron chi connectivity index (χ1n) is 5.80. The van der Waals surface area contributed by atoms with E-state index < -0.39 is 0 Å². The van der Waals surface area contributed by atoms with Crippen molar-refractivity contribution in [1.29, 1.82) is 0 Å². The van der Waals surface area contributed by atoms with E-state index in [1.165, 1.54) is 38.5 Å². The van der Waals surface area contributed by atoms with Crippen LogP contribution in [0.25, 0.3) is 0 Å². The lowest BCUT2D eigenvalue weighted by Crippen LogP contribution is -2.32. The molecule has 0 atom stereocenters. The zero-order valence-corrected chi connectivity index (χ0v) is 9.68. The Morgan fingerprint density at radius 3 is 2.21 bits per heavy atom. The molecule has 0 heterocycles. The summed E-state index contributed by atoms with van der Waals surface area (Å²) >= 11 is 0. The maximum atomic E-state index is 8.83. The van der Waals surface area contributed by atoms with Crippen LogP contribution in [0, 0.1) is 0 Å². The van der Waals surface area contributed by atoms with Crippen molar-refractivity contribution in [2.24, 2.45) is 0 Å². The number of aliphatic hydroxyl groups is 1. The van der Waals surface area contributed by atoms with Gasteiger partial charge in [0, 0.05) is 6.04 Å². The van der Waals surface area contributed by atoms with E-state index in [1.54, 1.807) is 0 Å². The molecule has 2 nitrogen and oxygen atoms in total. The van der Waals surface area contributed by atoms with E-state index in [-0.39, 0.29) is 5.76 Å². The molecule has 1 aliphatic rings. The van der Waals surface area contributed by atoms with Crippen LogP contribution in [0.5, 0.6) is 0 Å². The van der Waals surface area contributed by atoms with Gasteiger partial charge in [-0.1, -0.05) is 46.1 Å². The van der Waals surface area contributed by atoms with E-state index in [9.17, 15) is 0 Å². The zero-order chi connectivity index (χ0) is 10.8. The van der Waals surface area contributed by atoms with Crippen LogP contribution in [0.2, 0.25) is 0 Å². The summed E-state index contributed by atoms with van der Waals surface area (Å²) in [5, 5.41) is 12.1. The highest BCUT2D eigenvalue weighted by Gasteiger charge is 2.11. The third-order valence-electron chi connectivity index (χ3n) is 2.20. The summed E-state index contributed by atoms with van der Waals surface area (Å²) < 4.78 is 0. The van der Waals surface area contributed by atoms with E-state index in [0.717, 1.165) is 0 Å². The fourth-order valence-corrected chi connectivity index (χ4v) is 1.57. The third kappa shape index (κ3) is 8.11. The number of aliphatic hydroxyl groups excluding tert-OH is 1. The second kappa shape index (κ2) is 9.07. The van der Waals surface area contributed by atoms with Gasteiger partial charge in [-0.2, -0.15) is 0 Å². The van der Waals surface area contributed by atoms with Crippen LogP contribution in [-0.2, 0) is 0 Å². The van der Waals surface area contributed by atoms with Gasteiger partial charge in [0.05, 0.1) is 12.3 Å². The highest BCUT2D eigenvalue weighted by Crippen LogP contribution is 2.17. The highest BCUT2D eigenvalue weighted by molar-refractivity contribution is 4.84. The minimum atomic E-state index is 0.246. The standard InChI is InChI=1S/C9H17NO.C3H8/c1-8(11)7-10-9-5-3-2-4-6-9;1-3-2/h9-11H,1-7H2;3H2,1-2H3. The lowest BCUT2D eigenvalue weighted by Gasteiger charge is -2.22. The van der Waals surface area contributed by atoms with Gasteiger partial charge in [-0.3, -0.25) is 0 Å². The average molecular weight is 199 g/mol. The monoisotopic (exact) mass is 199 g/mol. The number of hydrogen-bond donors (Lipinski definition) is 2. The van der Waals surface area contributed by atoms with Gasteiger partial charge in [0.1, 0.15) is 0 Å². The molecule has 1 rings (SSSR count). The maximum Gasteiger partial charge on any atom is 0.0989 e. The molecule has 1 saturated carbocycles. The fraction of sp³-hybridized carbons (Fsp3) is 0.833. The predicted octanol–water partition coefficient (Wildman–Crippen LogP) is 3.40. The molecule has 1 aliphatic carbocycles. The maximum absolute atomic E-state index is 8.83. The van der Waals surface area contributed by atoms with Crippen molar-refractivity contribution in [2.75, 3.05) is 6.54 Å². The fourth-order valence-electron chi connectivity index (χ4n) is 1.57. The van der Waals surface area contributed by atoms with Gasteiger partial charge in [-0.25, -0.2) is 0 Å². The molecule has 84 valence electrons. The Morgan fingerprint density at radius 1 is 1.29 bits per heavy atom. The van der Waals surface area contributed by atoms with Crippen LogP contribution >= 0.6 is 0 Å². The Morgan fingerprint density at radius 2 is 1.79 bits per heavy atom. The van der Waals surface area contributed by atoms with Crippen molar-refractivity contribution in [1.82, 2.24) is 5.32 Å². The summed E-state index contributed by atoms with van der Waals surface area (Å²) in [6.07, 6.45) is 7.80. The van der Waals surface area contributed by atoms with Crippen LogP contribution in [-0.4, -0.2) is 17.7 Å². The lowest BCUT2D eigenvalue weighted by molar-refractivity contribution is 0.341. The van der Waals surface area contributed by atoms with E-state index in [2.05, 4.69) is 25.7 Å². The van der Waals surface area contributed by atoms with Crippen LogP contribution in [0.1, 0.15) is 52.4 Å². The van der Waals surface area contributed by atoms with E-state index >= 15 is 0 Å². The first-order chi connectivity index (χ1) is 6.70. The second-order valence-electron chi connectivity index (χ2n) is 3.99. The van der Waals surface area contributed by atoms with Crippen molar-refractivity contribution in [2.45, 2.75) is 58.4 Å². The molecule has 1 fully saturated rings. The van der Waals surface area contributed by atoms with Gasteiger partial charge in [0.15, 0.2) is 0 Å². The molecule has 0 bridgehead atoms. The topological polar surface area (TPSA) is 32.3 Å². The molecule has 0 spiro atoms. The van der Waals surface area contributed by atoms with Crippen LogP contribution in [0.15, 0.2) is 12.3 Å². The molecule has 0 unspecified atom stereocenters. The van der Waals surface area contributed by atoms with Gasteiger partial charge in [-0.15, -0.1) is 0 Å². The number of nitrogens with one attached hydrogen (secondary N) is 1. The molecule has 0 aliphatic heterocycles. The summed E-state index contributed by atoms with van der Waals surface area (Å²) in [4.78, 5) is 0. The van der Waals surface area contributed by atoms with Crippen LogP contribution < -0.4 is 5.32 Å². The SMILES string of the molecule is C=C(O)CNC1CCCCC1.CCC. The van der Waals surface area contributed by atoms with Crippen molar-refractivity contribution in [3.05, 3.63) is 12.3 Å². The molecule has 0 aromatic carbocycles. The smallest absolute Gasteiger partial charge is 0.0989 e. The molecule has 2 heteroatoms. The summed E-state index contributed by atoms with van der Waals surface area (Å²) in [7, 11) is 0. The largest absolute Gasteiger partial charge is 0.512 e. The molecule has 0 aromatic rings. The Hall–Kier alpha value is -0.500. The van der Waals surface area contributed by atoms with Crippen LogP contribution in [0.3, 0.4) is 0 Å². The summed E-state index contributed by atoms with van der Waals surface area (Å²) in [6, 6.07) is 0.618. The van der Waals surface area contributed by atoms with E-state index in [0.29, 0.717) is 12.6 Å². The van der Waals surface area contributed by atoms with Crippen molar-refractivity contribution >= 4 is 0 Å². The first kappa shape index (κ1) is 13.5. The van der Waals surface area contributed by atoms with Gasteiger partial charge in [0.25, 0.3) is 0 Å². The Labute approximate surface area is 88.4 Å². The quantitative estimate of drug-likeness (QED) is 0.683. The Balaban J connectivity index is 0.000000500. The first-order valence-corrected chi connectivity index (χ1v) is 5.80. The normalized spacial score (nSPS) is 17.0. The Bertz CT molecular complexity index is 139.